The van der Waals surface area contributed by atoms with Crippen molar-refractivity contribution < 1.29 is 13.6 Å². The number of carbonyl (C=O) groups is 1. The van der Waals surface area contributed by atoms with Crippen molar-refractivity contribution >= 4 is 11.7 Å². The highest BCUT2D eigenvalue weighted by atomic mass is 19.3. The number of aryl methyl sites for hydroxylation is 1. The van der Waals surface area contributed by atoms with E-state index in [4.69, 9.17) is 0 Å². The normalized spacial score (nSPS) is 11.9. The van der Waals surface area contributed by atoms with Crippen molar-refractivity contribution in [3.8, 4) is 11.1 Å². The maximum absolute atomic E-state index is 13.3. The Morgan fingerprint density at radius 3 is 2.30 bits per heavy atom. The number of nitrogens with zero attached hydrogens (tertiary/aromatic N) is 1. The molecule has 0 bridgehead atoms. The Balaban J connectivity index is 1.67. The lowest BCUT2D eigenvalue weighted by molar-refractivity contribution is 0.103. The minimum Gasteiger partial charge on any atom is -0.325 e. The summed E-state index contributed by atoms with van der Waals surface area (Å²) in [5.74, 6) is 0. The molecule has 2 N–H and O–H groups in total. The minimum atomic E-state index is -2.71. The lowest BCUT2D eigenvalue weighted by Gasteiger charge is -2.18. The summed E-state index contributed by atoms with van der Waals surface area (Å²) in [6, 6.07) is 17.1. The summed E-state index contributed by atoms with van der Waals surface area (Å²) >= 11 is 0. The second kappa shape index (κ2) is 8.40. The molecule has 6 heteroatoms. The zero-order chi connectivity index (χ0) is 19.2. The smallest absolute Gasteiger partial charge is 0.319 e. The number of benzene rings is 2. The molecule has 2 aromatic carbocycles. The van der Waals surface area contributed by atoms with Crippen molar-refractivity contribution in [2.45, 2.75) is 19.4 Å². The van der Waals surface area contributed by atoms with Crippen LogP contribution in [0.4, 0.5) is 19.3 Å². The second-order valence-corrected chi connectivity index (χ2v) is 6.08. The summed E-state index contributed by atoms with van der Waals surface area (Å²) in [6.07, 6.45) is -0.978. The quantitative estimate of drug-likeness (QED) is 0.652. The molecule has 3 aromatic rings. The highest BCUT2D eigenvalue weighted by molar-refractivity contribution is 5.89. The van der Waals surface area contributed by atoms with E-state index in [-0.39, 0.29) is 0 Å². The third-order valence-electron chi connectivity index (χ3n) is 4.07. The molecular formula is C21H19F2N3O. The molecule has 2 amide bonds. The number of carbonyl (C=O) groups excluding carboxylic acids is 1. The Morgan fingerprint density at radius 2 is 1.67 bits per heavy atom. The summed E-state index contributed by atoms with van der Waals surface area (Å²) < 4.78 is 26.6. The molecule has 0 saturated carbocycles. The van der Waals surface area contributed by atoms with Gasteiger partial charge in [-0.2, -0.15) is 0 Å². The molecule has 1 unspecified atom stereocenters. The number of rotatable bonds is 5. The van der Waals surface area contributed by atoms with Gasteiger partial charge in [0.15, 0.2) is 0 Å². The second-order valence-electron chi connectivity index (χ2n) is 6.08. The van der Waals surface area contributed by atoms with Crippen LogP contribution in [0.25, 0.3) is 11.1 Å². The van der Waals surface area contributed by atoms with E-state index < -0.39 is 18.5 Å². The van der Waals surface area contributed by atoms with Gasteiger partial charge < -0.3 is 10.6 Å². The van der Waals surface area contributed by atoms with Crippen LogP contribution in [-0.4, -0.2) is 17.4 Å². The first-order valence-corrected chi connectivity index (χ1v) is 8.46. The average Bonchev–Trinajstić information content (AvgIpc) is 2.67. The topological polar surface area (TPSA) is 54.0 Å². The zero-order valence-corrected chi connectivity index (χ0v) is 14.7. The molecule has 4 nitrogen and oxygen atoms in total. The maximum Gasteiger partial charge on any atom is 0.319 e. The number of urea groups is 1. The highest BCUT2D eigenvalue weighted by Gasteiger charge is 2.24. The lowest BCUT2D eigenvalue weighted by Crippen LogP contribution is -2.36. The van der Waals surface area contributed by atoms with E-state index in [1.165, 1.54) is 0 Å². The molecule has 0 aliphatic carbocycles. The van der Waals surface area contributed by atoms with E-state index in [1.54, 1.807) is 48.7 Å². The van der Waals surface area contributed by atoms with Crippen molar-refractivity contribution in [1.29, 1.82) is 0 Å². The minimum absolute atomic E-state index is 0.353. The van der Waals surface area contributed by atoms with Crippen LogP contribution in [0.3, 0.4) is 0 Å². The summed E-state index contributed by atoms with van der Waals surface area (Å²) in [5.41, 5.74) is 3.77. The number of nitrogens with one attached hydrogen (secondary N) is 2. The first kappa shape index (κ1) is 18.5. The van der Waals surface area contributed by atoms with Crippen LogP contribution in [0.2, 0.25) is 0 Å². The Hall–Kier alpha value is -3.28. The zero-order valence-electron chi connectivity index (χ0n) is 14.7. The van der Waals surface area contributed by atoms with E-state index in [9.17, 15) is 13.6 Å². The van der Waals surface area contributed by atoms with Gasteiger partial charge in [0.2, 0.25) is 0 Å². The van der Waals surface area contributed by atoms with Crippen molar-refractivity contribution in [3.63, 3.8) is 0 Å². The van der Waals surface area contributed by atoms with Crippen LogP contribution in [0.5, 0.6) is 0 Å². The molecule has 138 valence electrons. The van der Waals surface area contributed by atoms with Gasteiger partial charge in [-0.05, 0) is 47.9 Å². The average molecular weight is 367 g/mol. The summed E-state index contributed by atoms with van der Waals surface area (Å²) in [6.45, 7) is 1.91. The van der Waals surface area contributed by atoms with Gasteiger partial charge >= 0.3 is 6.03 Å². The number of alkyl halides is 2. The standard InChI is InChI=1S/C21H19F2N3O/c1-14-13-17(11-12-24-14)15-7-9-18(10-8-15)25-21(27)26-19(20(22)23)16-5-3-2-4-6-16/h2-13,19-20H,1H3,(H2,25,26,27). The molecule has 0 saturated heterocycles. The predicted molar refractivity (Wildman–Crippen MR) is 102 cm³/mol. The van der Waals surface area contributed by atoms with Gasteiger partial charge in [-0.1, -0.05) is 42.5 Å². The Morgan fingerprint density at radius 1 is 0.963 bits per heavy atom. The third-order valence-corrected chi connectivity index (χ3v) is 4.07. The number of hydrogen-bond donors (Lipinski definition) is 2. The predicted octanol–water partition coefficient (Wildman–Crippen LogP) is 5.18. The molecule has 0 fully saturated rings. The molecule has 0 aliphatic rings. The molecule has 0 aliphatic heterocycles. The molecule has 1 aromatic heterocycles. The lowest BCUT2D eigenvalue weighted by atomic mass is 10.1. The number of amides is 2. The van der Waals surface area contributed by atoms with Crippen LogP contribution in [0.15, 0.2) is 72.9 Å². The number of hydrogen-bond acceptors (Lipinski definition) is 2. The maximum atomic E-state index is 13.3. The van der Waals surface area contributed by atoms with E-state index in [0.29, 0.717) is 11.3 Å². The fourth-order valence-electron chi connectivity index (χ4n) is 2.73. The fourth-order valence-corrected chi connectivity index (χ4v) is 2.73. The van der Waals surface area contributed by atoms with E-state index in [2.05, 4.69) is 15.6 Å². The van der Waals surface area contributed by atoms with Crippen molar-refractivity contribution in [2.75, 3.05) is 5.32 Å². The largest absolute Gasteiger partial charge is 0.325 e. The van der Waals surface area contributed by atoms with Crippen molar-refractivity contribution in [3.05, 3.63) is 84.2 Å². The van der Waals surface area contributed by atoms with Gasteiger partial charge in [0.25, 0.3) is 6.43 Å². The Labute approximate surface area is 156 Å². The number of anilines is 1. The fraction of sp³-hybridized carbons (Fsp3) is 0.143. The van der Waals surface area contributed by atoms with E-state index >= 15 is 0 Å². The summed E-state index contributed by atoms with van der Waals surface area (Å²) in [4.78, 5) is 16.3. The molecule has 0 radical (unpaired) electrons. The molecular weight excluding hydrogens is 348 g/mol. The van der Waals surface area contributed by atoms with Gasteiger partial charge in [0.05, 0.1) is 0 Å². The van der Waals surface area contributed by atoms with Crippen LogP contribution < -0.4 is 10.6 Å². The van der Waals surface area contributed by atoms with Gasteiger partial charge in [-0.25, -0.2) is 13.6 Å². The third kappa shape index (κ3) is 4.88. The van der Waals surface area contributed by atoms with Gasteiger partial charge in [0.1, 0.15) is 6.04 Å². The van der Waals surface area contributed by atoms with E-state index in [1.807, 2.05) is 31.2 Å². The number of aromatic nitrogens is 1. The van der Waals surface area contributed by atoms with Crippen LogP contribution in [-0.2, 0) is 0 Å². The van der Waals surface area contributed by atoms with Gasteiger partial charge in [-0.15, -0.1) is 0 Å². The number of pyridine rings is 1. The van der Waals surface area contributed by atoms with Gasteiger partial charge in [0, 0.05) is 17.6 Å². The molecule has 0 spiro atoms. The van der Waals surface area contributed by atoms with Crippen molar-refractivity contribution in [2.24, 2.45) is 0 Å². The van der Waals surface area contributed by atoms with Crippen LogP contribution in [0.1, 0.15) is 17.3 Å². The van der Waals surface area contributed by atoms with Crippen LogP contribution >= 0.6 is 0 Å². The van der Waals surface area contributed by atoms with Crippen molar-refractivity contribution in [1.82, 2.24) is 10.3 Å². The molecule has 27 heavy (non-hydrogen) atoms. The Kier molecular flexibility index (Phi) is 5.76. The molecule has 1 heterocycles. The van der Waals surface area contributed by atoms with E-state index in [0.717, 1.165) is 16.8 Å². The van der Waals surface area contributed by atoms with Crippen LogP contribution in [0, 0.1) is 6.92 Å². The molecule has 3 rings (SSSR count). The summed E-state index contributed by atoms with van der Waals surface area (Å²) in [5, 5.41) is 4.92. The highest BCUT2D eigenvalue weighted by Crippen LogP contribution is 2.23. The summed E-state index contributed by atoms with van der Waals surface area (Å²) in [7, 11) is 0. The number of halogens is 2. The first-order valence-electron chi connectivity index (χ1n) is 8.46. The SMILES string of the molecule is Cc1cc(-c2ccc(NC(=O)NC(c3ccccc3)C(F)F)cc2)ccn1. The first-order chi connectivity index (χ1) is 13.0. The molecule has 1 atom stereocenters. The van der Waals surface area contributed by atoms with Gasteiger partial charge in [-0.3, -0.25) is 4.98 Å². The monoisotopic (exact) mass is 367 g/mol. The Bertz CT molecular complexity index is 899.